The van der Waals surface area contributed by atoms with Gasteiger partial charge in [-0.1, -0.05) is 0 Å². The lowest BCUT2D eigenvalue weighted by molar-refractivity contribution is 1.25. The second-order valence-corrected chi connectivity index (χ2v) is 2.50. The Morgan fingerprint density at radius 3 is 2.60 bits per heavy atom. The molecular formula is C6H9ClN2S. The molecule has 0 radical (unpaired) electrons. The van der Waals surface area contributed by atoms with E-state index >= 15 is 0 Å². The molecule has 0 saturated carbocycles. The summed E-state index contributed by atoms with van der Waals surface area (Å²) < 4.78 is 0. The highest BCUT2D eigenvalue weighted by Crippen LogP contribution is 2.12. The molecule has 1 aromatic rings. The summed E-state index contributed by atoms with van der Waals surface area (Å²) in [5.74, 6) is 0.577. The number of nitrogens with zero attached hydrogens (tertiary/aromatic N) is 1. The van der Waals surface area contributed by atoms with Crippen LogP contribution in [0.3, 0.4) is 0 Å². The molecule has 0 aliphatic heterocycles. The Bertz CT molecular complexity index is 187. The highest BCUT2D eigenvalue weighted by atomic mass is 35.5. The Morgan fingerprint density at radius 1 is 1.50 bits per heavy atom. The Labute approximate surface area is 70.6 Å². The average molecular weight is 177 g/mol. The Kier molecular flexibility index (Phi) is 4.23. The second-order valence-electron chi connectivity index (χ2n) is 1.62. The fourth-order valence-corrected chi connectivity index (χ4v) is 0.875. The number of pyridine rings is 1. The van der Waals surface area contributed by atoms with Gasteiger partial charge in [-0.15, -0.1) is 24.2 Å². The zero-order valence-electron chi connectivity index (χ0n) is 5.57. The van der Waals surface area contributed by atoms with Gasteiger partial charge in [0.2, 0.25) is 0 Å². The standard InChI is InChI=1S/C6H8N2S.ClH/c1-9-5-2-3-6(7)8-4-5;/h2-4H,1H3,(H2,7,8);1H. The van der Waals surface area contributed by atoms with Gasteiger partial charge in [0.25, 0.3) is 0 Å². The SMILES string of the molecule is CSc1ccc(N)nc1.Cl. The first-order valence-corrected chi connectivity index (χ1v) is 3.81. The van der Waals surface area contributed by atoms with Gasteiger partial charge in [0.05, 0.1) is 0 Å². The number of nitrogens with two attached hydrogens (primary N) is 1. The number of thioether (sulfide) groups is 1. The lowest BCUT2D eigenvalue weighted by Crippen LogP contribution is -1.87. The van der Waals surface area contributed by atoms with E-state index in [-0.39, 0.29) is 12.4 Å². The van der Waals surface area contributed by atoms with Crippen LogP contribution in [0.25, 0.3) is 0 Å². The van der Waals surface area contributed by atoms with Gasteiger partial charge in [0, 0.05) is 11.1 Å². The van der Waals surface area contributed by atoms with E-state index in [4.69, 9.17) is 5.73 Å². The largest absolute Gasteiger partial charge is 0.384 e. The third-order valence-corrected chi connectivity index (χ3v) is 1.71. The first-order valence-electron chi connectivity index (χ1n) is 2.58. The first-order chi connectivity index (χ1) is 4.33. The predicted octanol–water partition coefficient (Wildman–Crippen LogP) is 1.81. The molecule has 0 aromatic carbocycles. The molecular weight excluding hydrogens is 168 g/mol. The summed E-state index contributed by atoms with van der Waals surface area (Å²) >= 11 is 1.66. The highest BCUT2D eigenvalue weighted by molar-refractivity contribution is 7.98. The number of hydrogen-bond acceptors (Lipinski definition) is 3. The van der Waals surface area contributed by atoms with Gasteiger partial charge < -0.3 is 5.73 Å². The second kappa shape index (κ2) is 4.41. The number of aromatic nitrogens is 1. The van der Waals surface area contributed by atoms with Crippen LogP contribution < -0.4 is 5.73 Å². The number of hydrogen-bond donors (Lipinski definition) is 1. The molecule has 0 bridgehead atoms. The summed E-state index contributed by atoms with van der Waals surface area (Å²) in [6.45, 7) is 0. The number of anilines is 1. The average Bonchev–Trinajstić information content (AvgIpc) is 1.90. The molecule has 0 amide bonds. The Morgan fingerprint density at radius 2 is 2.20 bits per heavy atom. The molecule has 56 valence electrons. The summed E-state index contributed by atoms with van der Waals surface area (Å²) in [6, 6.07) is 3.75. The van der Waals surface area contributed by atoms with Crippen LogP contribution in [-0.2, 0) is 0 Å². The van der Waals surface area contributed by atoms with Gasteiger partial charge in [0.1, 0.15) is 5.82 Å². The minimum absolute atomic E-state index is 0. The van der Waals surface area contributed by atoms with Crippen molar-refractivity contribution in [2.45, 2.75) is 4.90 Å². The third-order valence-electron chi connectivity index (χ3n) is 0.995. The summed E-state index contributed by atoms with van der Waals surface area (Å²) in [7, 11) is 0. The maximum Gasteiger partial charge on any atom is 0.123 e. The number of halogens is 1. The zero-order chi connectivity index (χ0) is 6.69. The number of rotatable bonds is 1. The molecule has 10 heavy (non-hydrogen) atoms. The van der Waals surface area contributed by atoms with Crippen LogP contribution in [0.2, 0.25) is 0 Å². The fraction of sp³-hybridized carbons (Fsp3) is 0.167. The van der Waals surface area contributed by atoms with E-state index in [1.54, 1.807) is 24.0 Å². The molecule has 0 unspecified atom stereocenters. The molecule has 1 aromatic heterocycles. The molecule has 0 aliphatic carbocycles. The van der Waals surface area contributed by atoms with Crippen molar-refractivity contribution < 1.29 is 0 Å². The molecule has 0 atom stereocenters. The monoisotopic (exact) mass is 176 g/mol. The smallest absolute Gasteiger partial charge is 0.123 e. The van der Waals surface area contributed by atoms with Crippen LogP contribution in [0.15, 0.2) is 23.2 Å². The van der Waals surface area contributed by atoms with Gasteiger partial charge in [-0.2, -0.15) is 0 Å². The lowest BCUT2D eigenvalue weighted by Gasteiger charge is -1.93. The molecule has 4 heteroatoms. The van der Waals surface area contributed by atoms with Crippen LogP contribution in [0.1, 0.15) is 0 Å². The van der Waals surface area contributed by atoms with Crippen molar-refractivity contribution >= 4 is 30.0 Å². The molecule has 0 aliphatic rings. The Balaban J connectivity index is 0.000000810. The van der Waals surface area contributed by atoms with E-state index in [9.17, 15) is 0 Å². The molecule has 0 saturated heterocycles. The first kappa shape index (κ1) is 9.59. The van der Waals surface area contributed by atoms with Crippen molar-refractivity contribution in [1.82, 2.24) is 4.98 Å². The van der Waals surface area contributed by atoms with Gasteiger partial charge >= 0.3 is 0 Å². The quantitative estimate of drug-likeness (QED) is 0.664. The molecule has 1 heterocycles. The normalized spacial score (nSPS) is 8.50. The highest BCUT2D eigenvalue weighted by Gasteiger charge is 1.87. The number of nitrogen functional groups attached to an aromatic ring is 1. The van der Waals surface area contributed by atoms with Gasteiger partial charge in [-0.05, 0) is 18.4 Å². The van der Waals surface area contributed by atoms with Crippen molar-refractivity contribution in [2.24, 2.45) is 0 Å². The molecule has 2 N–H and O–H groups in total. The fourth-order valence-electron chi connectivity index (χ4n) is 0.512. The summed E-state index contributed by atoms with van der Waals surface area (Å²) in [5, 5.41) is 0. The maximum atomic E-state index is 5.36. The summed E-state index contributed by atoms with van der Waals surface area (Å²) in [5.41, 5.74) is 5.36. The predicted molar refractivity (Wildman–Crippen MR) is 47.7 cm³/mol. The maximum absolute atomic E-state index is 5.36. The molecule has 0 spiro atoms. The van der Waals surface area contributed by atoms with Crippen molar-refractivity contribution in [3.05, 3.63) is 18.3 Å². The van der Waals surface area contributed by atoms with E-state index in [1.807, 2.05) is 12.3 Å². The van der Waals surface area contributed by atoms with Crippen molar-refractivity contribution in [1.29, 1.82) is 0 Å². The van der Waals surface area contributed by atoms with E-state index in [1.165, 1.54) is 0 Å². The van der Waals surface area contributed by atoms with Gasteiger partial charge in [0.15, 0.2) is 0 Å². The molecule has 0 fully saturated rings. The van der Waals surface area contributed by atoms with E-state index < -0.39 is 0 Å². The summed E-state index contributed by atoms with van der Waals surface area (Å²) in [4.78, 5) is 5.05. The Hall–Kier alpha value is -0.410. The van der Waals surface area contributed by atoms with Crippen molar-refractivity contribution in [3.63, 3.8) is 0 Å². The van der Waals surface area contributed by atoms with Crippen LogP contribution in [0.5, 0.6) is 0 Å². The lowest BCUT2D eigenvalue weighted by atomic mass is 10.5. The van der Waals surface area contributed by atoms with E-state index in [0.717, 1.165) is 4.90 Å². The zero-order valence-corrected chi connectivity index (χ0v) is 7.21. The summed E-state index contributed by atoms with van der Waals surface area (Å²) in [6.07, 6.45) is 3.77. The van der Waals surface area contributed by atoms with Gasteiger partial charge in [-0.3, -0.25) is 0 Å². The molecule has 1 rings (SSSR count). The van der Waals surface area contributed by atoms with E-state index in [2.05, 4.69) is 4.98 Å². The van der Waals surface area contributed by atoms with Crippen molar-refractivity contribution in [3.8, 4) is 0 Å². The topological polar surface area (TPSA) is 38.9 Å². The van der Waals surface area contributed by atoms with Crippen LogP contribution in [0, 0.1) is 0 Å². The van der Waals surface area contributed by atoms with Crippen LogP contribution >= 0.6 is 24.2 Å². The van der Waals surface area contributed by atoms with E-state index in [0.29, 0.717) is 5.82 Å². The van der Waals surface area contributed by atoms with Gasteiger partial charge in [-0.25, -0.2) is 4.98 Å². The van der Waals surface area contributed by atoms with Crippen molar-refractivity contribution in [2.75, 3.05) is 12.0 Å². The van der Waals surface area contributed by atoms with Crippen LogP contribution in [-0.4, -0.2) is 11.2 Å². The minimum Gasteiger partial charge on any atom is -0.384 e. The minimum atomic E-state index is 0. The molecule has 2 nitrogen and oxygen atoms in total. The van der Waals surface area contributed by atoms with Crippen LogP contribution in [0.4, 0.5) is 5.82 Å². The third kappa shape index (κ3) is 2.45.